The third-order valence-corrected chi connectivity index (χ3v) is 6.33. The van der Waals surface area contributed by atoms with Gasteiger partial charge < -0.3 is 5.32 Å². The van der Waals surface area contributed by atoms with Crippen LogP contribution in [0, 0.1) is 19.8 Å². The summed E-state index contributed by atoms with van der Waals surface area (Å²) in [6.45, 7) is 7.00. The molecule has 3 aromatic rings. The number of hydrogen-bond donors (Lipinski definition) is 1. The Morgan fingerprint density at radius 3 is 2.28 bits per heavy atom. The Kier molecular flexibility index (Phi) is 6.02. The van der Waals surface area contributed by atoms with Gasteiger partial charge in [0.05, 0.1) is 0 Å². The van der Waals surface area contributed by atoms with Crippen molar-refractivity contribution in [3.63, 3.8) is 0 Å². The SMILES string of the molecule is Cc1ccc(CN2CCC(C(=O)Nc3nnc(-c4ccc(C)cc4)s3)CC2)cc1. The van der Waals surface area contributed by atoms with Crippen LogP contribution >= 0.6 is 11.3 Å². The molecule has 0 spiro atoms. The second-order valence-corrected chi connectivity index (χ2v) is 8.78. The molecule has 2 heterocycles. The van der Waals surface area contributed by atoms with Crippen molar-refractivity contribution in [2.45, 2.75) is 33.2 Å². The highest BCUT2D eigenvalue weighted by Gasteiger charge is 2.25. The van der Waals surface area contributed by atoms with Crippen LogP contribution in [-0.4, -0.2) is 34.1 Å². The topological polar surface area (TPSA) is 58.1 Å². The van der Waals surface area contributed by atoms with Gasteiger partial charge in [0.25, 0.3) is 0 Å². The van der Waals surface area contributed by atoms with Crippen molar-refractivity contribution in [2.24, 2.45) is 5.92 Å². The molecule has 1 amide bonds. The molecule has 0 radical (unpaired) electrons. The fourth-order valence-electron chi connectivity index (χ4n) is 3.60. The van der Waals surface area contributed by atoms with Gasteiger partial charge in [-0.15, -0.1) is 10.2 Å². The minimum atomic E-state index is 0.0380. The van der Waals surface area contributed by atoms with E-state index in [0.29, 0.717) is 5.13 Å². The highest BCUT2D eigenvalue weighted by molar-refractivity contribution is 7.18. The number of hydrogen-bond acceptors (Lipinski definition) is 5. The van der Waals surface area contributed by atoms with Gasteiger partial charge in [-0.3, -0.25) is 9.69 Å². The third kappa shape index (κ3) is 5.08. The number of rotatable bonds is 5. The van der Waals surface area contributed by atoms with Crippen molar-refractivity contribution >= 4 is 22.4 Å². The predicted octanol–water partition coefficient (Wildman–Crippen LogP) is 4.67. The van der Waals surface area contributed by atoms with E-state index in [2.05, 4.69) is 70.7 Å². The zero-order valence-corrected chi connectivity index (χ0v) is 17.7. The molecular formula is C23H26N4OS. The molecule has 5 nitrogen and oxygen atoms in total. The molecule has 1 aromatic heterocycles. The maximum Gasteiger partial charge on any atom is 0.229 e. The van der Waals surface area contributed by atoms with Crippen molar-refractivity contribution in [3.8, 4) is 10.6 Å². The first-order chi connectivity index (χ1) is 14.1. The van der Waals surface area contributed by atoms with Crippen molar-refractivity contribution in [1.82, 2.24) is 15.1 Å². The van der Waals surface area contributed by atoms with Crippen LogP contribution < -0.4 is 5.32 Å². The number of amides is 1. The Morgan fingerprint density at radius 1 is 1.00 bits per heavy atom. The molecule has 1 fully saturated rings. The fraction of sp³-hybridized carbons (Fsp3) is 0.348. The summed E-state index contributed by atoms with van der Waals surface area (Å²) in [5.41, 5.74) is 4.85. The summed E-state index contributed by atoms with van der Waals surface area (Å²) in [6.07, 6.45) is 1.75. The second kappa shape index (κ2) is 8.84. The predicted molar refractivity (Wildman–Crippen MR) is 118 cm³/mol. The van der Waals surface area contributed by atoms with Gasteiger partial charge in [-0.25, -0.2) is 0 Å². The lowest BCUT2D eigenvalue weighted by molar-refractivity contribution is -0.121. The standard InChI is InChI=1S/C23H26N4OS/c1-16-3-7-18(8-4-16)15-27-13-11-19(12-14-27)21(28)24-23-26-25-22(29-23)20-9-5-17(2)6-10-20/h3-10,19H,11-15H2,1-2H3,(H,24,26,28). The van der Waals surface area contributed by atoms with E-state index in [4.69, 9.17) is 0 Å². The molecule has 6 heteroatoms. The highest BCUT2D eigenvalue weighted by Crippen LogP contribution is 2.28. The van der Waals surface area contributed by atoms with Gasteiger partial charge in [-0.1, -0.05) is 71.0 Å². The zero-order valence-electron chi connectivity index (χ0n) is 16.9. The highest BCUT2D eigenvalue weighted by atomic mass is 32.1. The Morgan fingerprint density at radius 2 is 1.62 bits per heavy atom. The van der Waals surface area contributed by atoms with E-state index in [9.17, 15) is 4.79 Å². The second-order valence-electron chi connectivity index (χ2n) is 7.80. The molecule has 2 aromatic carbocycles. The van der Waals surface area contributed by atoms with Crippen molar-refractivity contribution in [2.75, 3.05) is 18.4 Å². The van der Waals surface area contributed by atoms with E-state index in [1.165, 1.54) is 28.0 Å². The summed E-state index contributed by atoms with van der Waals surface area (Å²) in [5, 5.41) is 12.8. The molecule has 1 N–H and O–H groups in total. The van der Waals surface area contributed by atoms with Crippen molar-refractivity contribution < 1.29 is 4.79 Å². The number of carbonyl (C=O) groups is 1. The molecule has 0 atom stereocenters. The van der Waals surface area contributed by atoms with Crippen LogP contribution in [0.5, 0.6) is 0 Å². The maximum atomic E-state index is 12.7. The minimum absolute atomic E-state index is 0.0380. The fourth-order valence-corrected chi connectivity index (χ4v) is 4.35. The van der Waals surface area contributed by atoms with Crippen LogP contribution in [0.4, 0.5) is 5.13 Å². The lowest BCUT2D eigenvalue weighted by atomic mass is 9.95. The first-order valence-electron chi connectivity index (χ1n) is 10.1. The van der Waals surface area contributed by atoms with E-state index in [1.807, 2.05) is 12.1 Å². The number of anilines is 1. The molecule has 0 bridgehead atoms. The molecule has 29 heavy (non-hydrogen) atoms. The number of aryl methyl sites for hydroxylation is 2. The molecule has 1 aliphatic heterocycles. The van der Waals surface area contributed by atoms with Crippen LogP contribution in [0.15, 0.2) is 48.5 Å². The summed E-state index contributed by atoms with van der Waals surface area (Å²) in [6, 6.07) is 16.9. The van der Waals surface area contributed by atoms with Gasteiger partial charge in [-0.05, 0) is 45.3 Å². The number of carbonyl (C=O) groups excluding carboxylic acids is 1. The Labute approximate surface area is 175 Å². The van der Waals surface area contributed by atoms with Crippen molar-refractivity contribution in [3.05, 3.63) is 65.2 Å². The first-order valence-corrected chi connectivity index (χ1v) is 10.9. The smallest absolute Gasteiger partial charge is 0.229 e. The van der Waals surface area contributed by atoms with Crippen LogP contribution in [0.25, 0.3) is 10.6 Å². The monoisotopic (exact) mass is 406 g/mol. The van der Waals surface area contributed by atoms with Gasteiger partial charge in [0.15, 0.2) is 0 Å². The quantitative estimate of drug-likeness (QED) is 0.669. The Balaban J connectivity index is 1.29. The van der Waals surface area contributed by atoms with Crippen LogP contribution in [0.1, 0.15) is 29.5 Å². The van der Waals surface area contributed by atoms with E-state index < -0.39 is 0 Å². The van der Waals surface area contributed by atoms with Crippen LogP contribution in [0.2, 0.25) is 0 Å². The number of piperidine rings is 1. The maximum absolute atomic E-state index is 12.7. The average molecular weight is 407 g/mol. The number of nitrogens with one attached hydrogen (secondary N) is 1. The summed E-state index contributed by atoms with van der Waals surface area (Å²) in [4.78, 5) is 15.1. The van der Waals surface area contributed by atoms with Gasteiger partial charge in [0, 0.05) is 18.0 Å². The summed E-state index contributed by atoms with van der Waals surface area (Å²) >= 11 is 1.42. The summed E-state index contributed by atoms with van der Waals surface area (Å²) < 4.78 is 0. The lowest BCUT2D eigenvalue weighted by Gasteiger charge is -2.31. The normalized spacial score (nSPS) is 15.4. The molecule has 1 saturated heterocycles. The molecule has 0 unspecified atom stereocenters. The first kappa shape index (κ1) is 19.7. The molecule has 0 saturated carbocycles. The van der Waals surface area contributed by atoms with E-state index in [0.717, 1.165) is 43.0 Å². The molecule has 4 rings (SSSR count). The summed E-state index contributed by atoms with van der Waals surface area (Å²) in [7, 11) is 0. The van der Waals surface area contributed by atoms with Gasteiger partial charge in [0.1, 0.15) is 5.01 Å². The van der Waals surface area contributed by atoms with E-state index >= 15 is 0 Å². The van der Waals surface area contributed by atoms with Gasteiger partial charge in [-0.2, -0.15) is 0 Å². The van der Waals surface area contributed by atoms with E-state index in [-0.39, 0.29) is 11.8 Å². The molecule has 0 aliphatic carbocycles. The molecule has 150 valence electrons. The van der Waals surface area contributed by atoms with Crippen molar-refractivity contribution in [1.29, 1.82) is 0 Å². The Bertz CT molecular complexity index is 957. The number of aromatic nitrogens is 2. The average Bonchev–Trinajstić information content (AvgIpc) is 3.19. The lowest BCUT2D eigenvalue weighted by Crippen LogP contribution is -2.37. The van der Waals surface area contributed by atoms with Gasteiger partial charge >= 0.3 is 0 Å². The van der Waals surface area contributed by atoms with Crippen LogP contribution in [0.3, 0.4) is 0 Å². The number of nitrogens with zero attached hydrogens (tertiary/aromatic N) is 3. The Hall–Kier alpha value is -2.57. The minimum Gasteiger partial charge on any atom is -0.300 e. The molecule has 1 aliphatic rings. The largest absolute Gasteiger partial charge is 0.300 e. The molecular weight excluding hydrogens is 380 g/mol. The zero-order chi connectivity index (χ0) is 20.2. The number of benzene rings is 2. The van der Waals surface area contributed by atoms with Crippen LogP contribution in [-0.2, 0) is 11.3 Å². The number of likely N-dealkylation sites (tertiary alicyclic amines) is 1. The summed E-state index contributed by atoms with van der Waals surface area (Å²) in [5.74, 6) is 0.0996. The van der Waals surface area contributed by atoms with E-state index in [1.54, 1.807) is 0 Å². The van der Waals surface area contributed by atoms with Gasteiger partial charge in [0.2, 0.25) is 11.0 Å². The third-order valence-electron chi connectivity index (χ3n) is 5.44.